The molecule has 0 N–H and O–H groups in total. The molecule has 4 aromatic rings. The van der Waals surface area contributed by atoms with Gasteiger partial charge in [-0.15, -0.1) is 0 Å². The van der Waals surface area contributed by atoms with Crippen molar-refractivity contribution in [1.82, 2.24) is 29.5 Å². The van der Waals surface area contributed by atoms with Crippen LogP contribution in [0.2, 0.25) is 0 Å². The van der Waals surface area contributed by atoms with Crippen molar-refractivity contribution in [2.24, 2.45) is 0 Å². The standard InChI is InChI=1S/C22H22N6/c1-16-4-2-6-20(24-16)15-27-11-9-19(13-27)22-25-21-8-7-18(14-28(21)26-22)17-5-3-10-23-12-17/h2-8,10,12,14,19H,9,11,13,15H2,1H3/t19-/m0/s1. The third kappa shape index (κ3) is 3.39. The van der Waals surface area contributed by atoms with Gasteiger partial charge in [0.05, 0.1) is 5.69 Å². The topological polar surface area (TPSA) is 59.2 Å². The van der Waals surface area contributed by atoms with E-state index in [1.807, 2.05) is 42.0 Å². The lowest BCUT2D eigenvalue weighted by Crippen LogP contribution is -2.20. The number of pyridine rings is 3. The third-order valence-electron chi connectivity index (χ3n) is 5.31. The van der Waals surface area contributed by atoms with Crippen LogP contribution in [0.5, 0.6) is 0 Å². The van der Waals surface area contributed by atoms with Crippen molar-refractivity contribution in [3.05, 3.63) is 78.3 Å². The lowest BCUT2D eigenvalue weighted by Gasteiger charge is -2.14. The van der Waals surface area contributed by atoms with Crippen LogP contribution in [0.15, 0.2) is 61.1 Å². The lowest BCUT2D eigenvalue weighted by molar-refractivity contribution is 0.321. The van der Waals surface area contributed by atoms with Crippen LogP contribution in [0.3, 0.4) is 0 Å². The Labute approximate surface area is 163 Å². The first-order chi connectivity index (χ1) is 13.7. The van der Waals surface area contributed by atoms with Gasteiger partial charge in [0.25, 0.3) is 0 Å². The molecule has 1 saturated heterocycles. The monoisotopic (exact) mass is 370 g/mol. The van der Waals surface area contributed by atoms with Crippen molar-refractivity contribution < 1.29 is 0 Å². The van der Waals surface area contributed by atoms with Crippen molar-refractivity contribution in [3.8, 4) is 11.1 Å². The molecule has 0 radical (unpaired) electrons. The molecule has 0 amide bonds. The molecule has 140 valence electrons. The zero-order valence-electron chi connectivity index (χ0n) is 15.9. The minimum Gasteiger partial charge on any atom is -0.297 e. The SMILES string of the molecule is Cc1cccc(CN2CC[C@H](c3nc4ccc(-c5cccnc5)cn4n3)C2)n1. The van der Waals surface area contributed by atoms with Crippen LogP contribution in [0.4, 0.5) is 0 Å². The Hall–Kier alpha value is -3.12. The maximum atomic E-state index is 4.78. The number of hydrogen-bond donors (Lipinski definition) is 0. The average Bonchev–Trinajstić information content (AvgIpc) is 3.35. The second-order valence-electron chi connectivity index (χ2n) is 7.42. The molecule has 1 aliphatic heterocycles. The van der Waals surface area contributed by atoms with Crippen molar-refractivity contribution in [2.75, 3.05) is 13.1 Å². The highest BCUT2D eigenvalue weighted by molar-refractivity contribution is 5.63. The quantitative estimate of drug-likeness (QED) is 0.550. The van der Waals surface area contributed by atoms with Crippen LogP contribution in [0, 0.1) is 6.92 Å². The van der Waals surface area contributed by atoms with Gasteiger partial charge in [0.15, 0.2) is 11.5 Å². The van der Waals surface area contributed by atoms with Gasteiger partial charge in [0, 0.05) is 54.4 Å². The number of aromatic nitrogens is 5. The van der Waals surface area contributed by atoms with E-state index in [-0.39, 0.29) is 0 Å². The number of aryl methyl sites for hydroxylation is 1. The number of likely N-dealkylation sites (tertiary alicyclic amines) is 1. The molecule has 0 spiro atoms. The molecule has 5 rings (SSSR count). The predicted molar refractivity (Wildman–Crippen MR) is 108 cm³/mol. The van der Waals surface area contributed by atoms with Gasteiger partial charge in [-0.25, -0.2) is 9.50 Å². The third-order valence-corrected chi connectivity index (χ3v) is 5.31. The van der Waals surface area contributed by atoms with E-state index >= 15 is 0 Å². The summed E-state index contributed by atoms with van der Waals surface area (Å²) in [7, 11) is 0. The summed E-state index contributed by atoms with van der Waals surface area (Å²) in [6.45, 7) is 4.95. The molecule has 0 aromatic carbocycles. The largest absolute Gasteiger partial charge is 0.297 e. The number of hydrogen-bond acceptors (Lipinski definition) is 5. The predicted octanol–water partition coefficient (Wildman–Crippen LogP) is 3.48. The summed E-state index contributed by atoms with van der Waals surface area (Å²) >= 11 is 0. The molecule has 28 heavy (non-hydrogen) atoms. The van der Waals surface area contributed by atoms with Crippen LogP contribution in [0.1, 0.15) is 29.6 Å². The highest BCUT2D eigenvalue weighted by Gasteiger charge is 2.27. The molecule has 0 unspecified atom stereocenters. The normalized spacial score (nSPS) is 17.4. The smallest absolute Gasteiger partial charge is 0.156 e. The van der Waals surface area contributed by atoms with E-state index in [0.29, 0.717) is 5.92 Å². The fourth-order valence-electron chi connectivity index (χ4n) is 3.88. The number of fused-ring (bicyclic) bond motifs is 1. The molecule has 5 heterocycles. The molecular weight excluding hydrogens is 348 g/mol. The molecule has 4 aromatic heterocycles. The highest BCUT2D eigenvalue weighted by Crippen LogP contribution is 2.27. The molecule has 0 bridgehead atoms. The van der Waals surface area contributed by atoms with Crippen molar-refractivity contribution >= 4 is 5.65 Å². The molecule has 6 nitrogen and oxygen atoms in total. The lowest BCUT2D eigenvalue weighted by atomic mass is 10.1. The Morgan fingerprint density at radius 1 is 1.04 bits per heavy atom. The summed E-state index contributed by atoms with van der Waals surface area (Å²) in [6.07, 6.45) is 6.77. The van der Waals surface area contributed by atoms with Crippen LogP contribution >= 0.6 is 0 Å². The Bertz CT molecular complexity index is 1100. The maximum absolute atomic E-state index is 4.78. The van der Waals surface area contributed by atoms with Gasteiger partial charge in [0.1, 0.15) is 0 Å². The second-order valence-corrected chi connectivity index (χ2v) is 7.42. The molecular formula is C22H22N6. The van der Waals surface area contributed by atoms with Gasteiger partial charge in [0.2, 0.25) is 0 Å². The van der Waals surface area contributed by atoms with Gasteiger partial charge < -0.3 is 0 Å². The summed E-state index contributed by atoms with van der Waals surface area (Å²) in [4.78, 5) is 16.0. The van der Waals surface area contributed by atoms with Crippen LogP contribution in [0.25, 0.3) is 16.8 Å². The summed E-state index contributed by atoms with van der Waals surface area (Å²) in [6, 6.07) is 14.3. The first-order valence-electron chi connectivity index (χ1n) is 9.66. The Kier molecular flexibility index (Phi) is 4.33. The fraction of sp³-hybridized carbons (Fsp3) is 0.273. The molecule has 1 fully saturated rings. The van der Waals surface area contributed by atoms with E-state index < -0.39 is 0 Å². The Morgan fingerprint density at radius 2 is 2.00 bits per heavy atom. The Morgan fingerprint density at radius 3 is 2.86 bits per heavy atom. The van der Waals surface area contributed by atoms with Crippen LogP contribution in [-0.4, -0.2) is 42.6 Å². The van der Waals surface area contributed by atoms with E-state index in [1.165, 1.54) is 0 Å². The van der Waals surface area contributed by atoms with E-state index in [4.69, 9.17) is 10.1 Å². The van der Waals surface area contributed by atoms with E-state index in [9.17, 15) is 0 Å². The second kappa shape index (κ2) is 7.13. The van der Waals surface area contributed by atoms with Gasteiger partial charge in [-0.3, -0.25) is 14.9 Å². The summed E-state index contributed by atoms with van der Waals surface area (Å²) < 4.78 is 1.89. The zero-order chi connectivity index (χ0) is 18.9. The summed E-state index contributed by atoms with van der Waals surface area (Å²) in [5, 5.41) is 4.78. The molecule has 1 aliphatic rings. The molecule has 6 heteroatoms. The van der Waals surface area contributed by atoms with Gasteiger partial charge in [-0.05, 0) is 50.2 Å². The fourth-order valence-corrected chi connectivity index (χ4v) is 3.88. The Balaban J connectivity index is 1.34. The first kappa shape index (κ1) is 17.0. The number of nitrogens with zero attached hydrogens (tertiary/aromatic N) is 6. The molecule has 1 atom stereocenters. The molecule has 0 saturated carbocycles. The summed E-state index contributed by atoms with van der Waals surface area (Å²) in [5.74, 6) is 1.30. The van der Waals surface area contributed by atoms with Crippen LogP contribution < -0.4 is 0 Å². The van der Waals surface area contributed by atoms with Crippen molar-refractivity contribution in [2.45, 2.75) is 25.8 Å². The average molecular weight is 370 g/mol. The van der Waals surface area contributed by atoms with E-state index in [2.05, 4.69) is 39.1 Å². The van der Waals surface area contributed by atoms with Gasteiger partial charge in [-0.2, -0.15) is 5.10 Å². The highest BCUT2D eigenvalue weighted by atomic mass is 15.3. The summed E-state index contributed by atoms with van der Waals surface area (Å²) in [5.41, 5.74) is 5.26. The first-order valence-corrected chi connectivity index (χ1v) is 9.66. The van der Waals surface area contributed by atoms with Crippen molar-refractivity contribution in [1.29, 1.82) is 0 Å². The van der Waals surface area contributed by atoms with E-state index in [0.717, 1.165) is 60.0 Å². The molecule has 0 aliphatic carbocycles. The van der Waals surface area contributed by atoms with Gasteiger partial charge in [-0.1, -0.05) is 12.1 Å². The van der Waals surface area contributed by atoms with Crippen molar-refractivity contribution in [3.63, 3.8) is 0 Å². The maximum Gasteiger partial charge on any atom is 0.156 e. The van der Waals surface area contributed by atoms with Crippen LogP contribution in [-0.2, 0) is 6.54 Å². The van der Waals surface area contributed by atoms with E-state index in [1.54, 1.807) is 6.20 Å². The van der Waals surface area contributed by atoms with Gasteiger partial charge >= 0.3 is 0 Å². The minimum atomic E-state index is 0.367. The zero-order valence-corrected chi connectivity index (χ0v) is 15.9. The number of rotatable bonds is 4. The minimum absolute atomic E-state index is 0.367.